The molecule has 0 unspecified atom stereocenters. The lowest BCUT2D eigenvalue weighted by molar-refractivity contribution is -0.127. The topological polar surface area (TPSA) is 112 Å². The number of nitrogens with two attached hydrogens (primary N) is 1. The number of aromatic nitrogens is 3. The van der Waals surface area contributed by atoms with Gasteiger partial charge in [0.05, 0.1) is 18.0 Å². The summed E-state index contributed by atoms with van der Waals surface area (Å²) in [5.41, 5.74) is 8.90. The molecular formula is C28H31N5O3. The first kappa shape index (κ1) is 26.2. The van der Waals surface area contributed by atoms with Crippen LogP contribution in [0.5, 0.6) is 5.88 Å². The quantitative estimate of drug-likeness (QED) is 0.313. The Labute approximate surface area is 211 Å². The van der Waals surface area contributed by atoms with E-state index in [1.54, 1.807) is 17.1 Å². The lowest BCUT2D eigenvalue weighted by Gasteiger charge is -2.15. The molecule has 1 atom stereocenters. The van der Waals surface area contributed by atoms with Gasteiger partial charge in [-0.1, -0.05) is 56.0 Å². The Hall–Kier alpha value is -4.46. The monoisotopic (exact) mass is 485 g/mol. The zero-order valence-electron chi connectivity index (χ0n) is 19.2. The number of nitrogens with zero attached hydrogens (tertiary/aromatic N) is 3. The van der Waals surface area contributed by atoms with Gasteiger partial charge in [-0.25, -0.2) is 4.68 Å². The Morgan fingerprint density at radius 3 is 2.39 bits per heavy atom. The summed E-state index contributed by atoms with van der Waals surface area (Å²) in [6.45, 7) is 0.304. The van der Waals surface area contributed by atoms with Gasteiger partial charge in [0.1, 0.15) is 6.04 Å². The number of carbonyl (C=O) groups is 2. The zero-order chi connectivity index (χ0) is 24.5. The number of hydrogen-bond donors (Lipinski definition) is 2. The molecular weight excluding hydrogens is 454 g/mol. The summed E-state index contributed by atoms with van der Waals surface area (Å²) >= 11 is 0. The first-order valence-corrected chi connectivity index (χ1v) is 11.4. The second-order valence-electron chi connectivity index (χ2n) is 8.02. The van der Waals surface area contributed by atoms with Crippen LogP contribution in [0.25, 0.3) is 16.9 Å². The third-order valence-electron chi connectivity index (χ3n) is 5.39. The van der Waals surface area contributed by atoms with Crippen LogP contribution in [0, 0.1) is 0 Å². The molecule has 2 heterocycles. The lowest BCUT2D eigenvalue weighted by Crippen LogP contribution is -2.45. The van der Waals surface area contributed by atoms with E-state index in [1.807, 2.05) is 78.9 Å². The van der Waals surface area contributed by atoms with Crippen LogP contribution in [0.4, 0.5) is 0 Å². The molecule has 3 N–H and O–H groups in total. The highest BCUT2D eigenvalue weighted by atomic mass is 16.5. The molecule has 2 aromatic carbocycles. The maximum Gasteiger partial charge on any atom is 0.240 e. The van der Waals surface area contributed by atoms with Crippen molar-refractivity contribution in [3.8, 4) is 22.8 Å². The maximum absolute atomic E-state index is 12.4. The first-order chi connectivity index (χ1) is 17.1. The summed E-state index contributed by atoms with van der Waals surface area (Å²) in [6, 6.07) is 24.0. The van der Waals surface area contributed by atoms with E-state index >= 15 is 0 Å². The van der Waals surface area contributed by atoms with Crippen molar-refractivity contribution in [2.24, 2.45) is 5.73 Å². The van der Waals surface area contributed by atoms with E-state index in [1.165, 1.54) is 0 Å². The average Bonchev–Trinajstić information content (AvgIpc) is 3.32. The number of carbonyl (C=O) groups excluding carboxylic acids is 2. The number of nitrogens with one attached hydrogen (secondary N) is 1. The van der Waals surface area contributed by atoms with E-state index in [4.69, 9.17) is 10.5 Å². The third kappa shape index (κ3) is 7.02. The Morgan fingerprint density at radius 2 is 1.72 bits per heavy atom. The molecule has 8 nitrogen and oxygen atoms in total. The molecule has 0 radical (unpaired) electrons. The molecule has 36 heavy (non-hydrogen) atoms. The van der Waals surface area contributed by atoms with Crippen LogP contribution < -0.4 is 15.8 Å². The van der Waals surface area contributed by atoms with E-state index in [0.29, 0.717) is 25.3 Å². The highest BCUT2D eigenvalue weighted by Gasteiger charge is 2.18. The number of benzene rings is 2. The number of amides is 2. The summed E-state index contributed by atoms with van der Waals surface area (Å²) < 4.78 is 7.73. The van der Waals surface area contributed by atoms with Crippen LogP contribution in [-0.4, -0.2) is 39.2 Å². The van der Waals surface area contributed by atoms with Crippen molar-refractivity contribution in [1.82, 2.24) is 20.1 Å². The highest BCUT2D eigenvalue weighted by Crippen LogP contribution is 2.26. The molecule has 0 spiro atoms. The van der Waals surface area contributed by atoms with Crippen molar-refractivity contribution in [3.05, 3.63) is 96.8 Å². The van der Waals surface area contributed by atoms with E-state index in [0.717, 1.165) is 22.5 Å². The molecule has 2 aromatic heterocycles. The first-order valence-electron chi connectivity index (χ1n) is 11.4. The predicted octanol–water partition coefficient (Wildman–Crippen LogP) is 3.94. The number of primary amides is 1. The molecule has 0 aliphatic rings. The molecule has 0 aliphatic heterocycles. The van der Waals surface area contributed by atoms with E-state index in [-0.39, 0.29) is 19.8 Å². The van der Waals surface area contributed by atoms with Crippen molar-refractivity contribution in [1.29, 1.82) is 0 Å². The van der Waals surface area contributed by atoms with Gasteiger partial charge < -0.3 is 15.8 Å². The van der Waals surface area contributed by atoms with E-state index in [2.05, 4.69) is 15.4 Å². The van der Waals surface area contributed by atoms with E-state index < -0.39 is 11.9 Å². The van der Waals surface area contributed by atoms with Crippen molar-refractivity contribution < 1.29 is 14.3 Å². The predicted molar refractivity (Wildman–Crippen MR) is 140 cm³/mol. The van der Waals surface area contributed by atoms with Gasteiger partial charge in [-0.15, -0.1) is 0 Å². The summed E-state index contributed by atoms with van der Waals surface area (Å²) in [7, 11) is 0. The standard InChI is InChI=1S/C27H27N5O3.CH4/c28-27(34)24(17-20-9-3-1-4-10-20)30-25(33)14-8-16-35-26-18-23(21-11-7-15-29-19-21)31-32(26)22-12-5-2-6-13-22;/h1-7,9-13,15,18-19,24H,8,14,16-17H2,(H2,28,34)(H,30,33);1H4/t24-;/m0./s1. The molecule has 4 rings (SSSR count). The zero-order valence-corrected chi connectivity index (χ0v) is 19.2. The van der Waals surface area contributed by atoms with Crippen LogP contribution in [0.1, 0.15) is 25.8 Å². The van der Waals surface area contributed by atoms with Gasteiger partial charge >= 0.3 is 0 Å². The molecule has 0 saturated heterocycles. The largest absolute Gasteiger partial charge is 0.478 e. The molecule has 4 aromatic rings. The Balaban J connectivity index is 0.00000361. The Bertz CT molecular complexity index is 1240. The van der Waals surface area contributed by atoms with Crippen LogP contribution in [0.2, 0.25) is 0 Å². The van der Waals surface area contributed by atoms with Gasteiger partial charge in [-0.05, 0) is 36.2 Å². The molecule has 2 amide bonds. The van der Waals surface area contributed by atoms with Crippen molar-refractivity contribution in [3.63, 3.8) is 0 Å². The summed E-state index contributed by atoms with van der Waals surface area (Å²) in [5.74, 6) is -0.247. The fourth-order valence-electron chi connectivity index (χ4n) is 3.62. The van der Waals surface area contributed by atoms with Gasteiger partial charge in [-0.3, -0.25) is 14.6 Å². The van der Waals surface area contributed by atoms with E-state index in [9.17, 15) is 9.59 Å². The molecule has 0 bridgehead atoms. The number of rotatable bonds is 11. The third-order valence-corrected chi connectivity index (χ3v) is 5.39. The lowest BCUT2D eigenvalue weighted by atomic mass is 10.1. The highest BCUT2D eigenvalue weighted by molar-refractivity contribution is 5.86. The Kier molecular flexibility index (Phi) is 9.33. The van der Waals surface area contributed by atoms with Crippen LogP contribution in [0.15, 0.2) is 91.3 Å². The number of ether oxygens (including phenoxy) is 1. The van der Waals surface area contributed by atoms with Crippen molar-refractivity contribution in [2.45, 2.75) is 32.7 Å². The van der Waals surface area contributed by atoms with Gasteiger partial charge in [0.2, 0.25) is 17.7 Å². The second-order valence-corrected chi connectivity index (χ2v) is 8.02. The van der Waals surface area contributed by atoms with Gasteiger partial charge in [0.15, 0.2) is 0 Å². The normalized spacial score (nSPS) is 11.2. The smallest absolute Gasteiger partial charge is 0.240 e. The SMILES string of the molecule is C.NC(=O)[C@H](Cc1ccccc1)NC(=O)CCCOc1cc(-c2cccnc2)nn1-c1ccccc1. The summed E-state index contributed by atoms with van der Waals surface area (Å²) in [6.07, 6.45) is 4.48. The molecule has 0 aliphatic carbocycles. The maximum atomic E-state index is 12.4. The van der Waals surface area contributed by atoms with Crippen molar-refractivity contribution >= 4 is 11.8 Å². The molecule has 0 fully saturated rings. The minimum Gasteiger partial charge on any atom is -0.478 e. The Morgan fingerprint density at radius 1 is 1.00 bits per heavy atom. The second kappa shape index (κ2) is 12.9. The number of pyridine rings is 1. The molecule has 186 valence electrons. The van der Waals surface area contributed by atoms with Gasteiger partial charge in [0.25, 0.3) is 0 Å². The van der Waals surface area contributed by atoms with Gasteiger partial charge in [-0.2, -0.15) is 5.10 Å². The van der Waals surface area contributed by atoms with Crippen molar-refractivity contribution in [2.75, 3.05) is 6.61 Å². The van der Waals surface area contributed by atoms with Crippen LogP contribution in [0.3, 0.4) is 0 Å². The number of para-hydroxylation sites is 1. The number of hydrogen-bond acceptors (Lipinski definition) is 5. The summed E-state index contributed by atoms with van der Waals surface area (Å²) in [4.78, 5) is 28.4. The molecule has 8 heteroatoms. The van der Waals surface area contributed by atoms with Gasteiger partial charge in [0, 0.05) is 36.9 Å². The minimum absolute atomic E-state index is 0. The van der Waals surface area contributed by atoms with Crippen LogP contribution >= 0.6 is 0 Å². The molecule has 0 saturated carbocycles. The minimum atomic E-state index is -0.757. The fourth-order valence-corrected chi connectivity index (χ4v) is 3.62. The summed E-state index contributed by atoms with van der Waals surface area (Å²) in [5, 5.41) is 7.42. The average molecular weight is 486 g/mol. The van der Waals surface area contributed by atoms with Crippen LogP contribution in [-0.2, 0) is 16.0 Å². The fraction of sp³-hybridized carbons (Fsp3) is 0.214.